The third-order valence-corrected chi connectivity index (χ3v) is 4.29. The molecular formula is C14H18ClFN4O. The zero-order valence-corrected chi connectivity index (χ0v) is 12.3. The van der Waals surface area contributed by atoms with Crippen molar-refractivity contribution in [2.24, 2.45) is 5.84 Å². The number of nitrogen functional groups attached to an aromatic ring is 1. The molecule has 1 saturated carbocycles. The van der Waals surface area contributed by atoms with E-state index in [1.807, 2.05) is 10.3 Å². The fraction of sp³-hybridized carbons (Fsp3) is 0.500. The highest BCUT2D eigenvalue weighted by atomic mass is 35.5. The molecule has 5 nitrogen and oxygen atoms in total. The minimum absolute atomic E-state index is 0.148. The summed E-state index contributed by atoms with van der Waals surface area (Å²) in [6.07, 6.45) is 4.09. The fourth-order valence-electron chi connectivity index (χ4n) is 2.67. The molecule has 3 rings (SSSR count). The van der Waals surface area contributed by atoms with Crippen molar-refractivity contribution in [2.75, 3.05) is 23.3 Å². The molecule has 21 heavy (non-hydrogen) atoms. The molecule has 2 aliphatic rings. The summed E-state index contributed by atoms with van der Waals surface area (Å²) in [5.41, 5.74) is 3.05. The topological polar surface area (TPSA) is 70.4 Å². The summed E-state index contributed by atoms with van der Waals surface area (Å²) < 4.78 is 14.4. The van der Waals surface area contributed by atoms with Crippen LogP contribution in [-0.2, 0) is 0 Å². The Hall–Kier alpha value is -1.53. The molecule has 1 aliphatic heterocycles. The molecule has 1 amide bonds. The average molecular weight is 313 g/mol. The van der Waals surface area contributed by atoms with Gasteiger partial charge in [0.05, 0.1) is 22.0 Å². The minimum Gasteiger partial charge on any atom is -0.380 e. The first-order valence-corrected chi connectivity index (χ1v) is 7.54. The summed E-state index contributed by atoms with van der Waals surface area (Å²) in [7, 11) is 0. The number of carbonyl (C=O) groups excluding carboxylic acids is 1. The van der Waals surface area contributed by atoms with E-state index in [-0.39, 0.29) is 10.6 Å². The van der Waals surface area contributed by atoms with Gasteiger partial charge in [-0.3, -0.25) is 10.2 Å². The van der Waals surface area contributed by atoms with Crippen molar-refractivity contribution in [3.05, 3.63) is 22.5 Å². The second-order valence-electron chi connectivity index (χ2n) is 5.53. The smallest absolute Gasteiger partial charge is 0.267 e. The number of halogens is 2. The average Bonchev–Trinajstić information content (AvgIpc) is 3.14. The highest BCUT2D eigenvalue weighted by Gasteiger charge is 2.29. The van der Waals surface area contributed by atoms with Crippen LogP contribution < -0.4 is 21.5 Å². The highest BCUT2D eigenvalue weighted by molar-refractivity contribution is 6.37. The number of anilines is 2. The molecule has 7 heteroatoms. The molecule has 0 bridgehead atoms. The number of carbonyl (C=O) groups is 1. The maximum absolute atomic E-state index is 14.4. The first kappa shape index (κ1) is 14.4. The lowest BCUT2D eigenvalue weighted by molar-refractivity contribution is 0.0954. The molecule has 1 aliphatic carbocycles. The summed E-state index contributed by atoms with van der Waals surface area (Å²) in [4.78, 5) is 13.8. The second-order valence-corrected chi connectivity index (χ2v) is 5.91. The predicted molar refractivity (Wildman–Crippen MR) is 81.2 cm³/mol. The van der Waals surface area contributed by atoms with Crippen LogP contribution in [0.1, 0.15) is 36.0 Å². The van der Waals surface area contributed by atoms with Gasteiger partial charge in [0.1, 0.15) is 5.82 Å². The van der Waals surface area contributed by atoms with E-state index < -0.39 is 11.7 Å². The number of rotatable bonds is 4. The minimum atomic E-state index is -0.549. The van der Waals surface area contributed by atoms with Gasteiger partial charge in [-0.2, -0.15) is 0 Å². The Morgan fingerprint density at radius 1 is 1.38 bits per heavy atom. The Morgan fingerprint density at radius 3 is 2.62 bits per heavy atom. The van der Waals surface area contributed by atoms with Gasteiger partial charge in [-0.25, -0.2) is 10.2 Å². The second kappa shape index (κ2) is 5.69. The molecule has 1 aromatic rings. The van der Waals surface area contributed by atoms with E-state index in [9.17, 15) is 9.18 Å². The lowest BCUT2D eigenvalue weighted by Gasteiger charge is -2.23. The van der Waals surface area contributed by atoms with Crippen LogP contribution >= 0.6 is 11.6 Å². The number of hydrazine groups is 1. The standard InChI is InChI=1S/C14H18ClFN4O/c15-11-12(18-8-3-4-8)9(14(21)19-17)7-10(16)13(11)20-5-1-2-6-20/h7-8,18H,1-6,17H2,(H,19,21). The van der Waals surface area contributed by atoms with Gasteiger partial charge in [-0.1, -0.05) is 11.6 Å². The lowest BCUT2D eigenvalue weighted by Crippen LogP contribution is -2.31. The molecule has 1 aromatic carbocycles. The quantitative estimate of drug-likeness (QED) is 0.453. The number of nitrogens with two attached hydrogens (primary N) is 1. The fourth-order valence-corrected chi connectivity index (χ4v) is 3.04. The van der Waals surface area contributed by atoms with Crippen LogP contribution in [0.2, 0.25) is 5.02 Å². The summed E-state index contributed by atoms with van der Waals surface area (Å²) >= 11 is 6.41. The van der Waals surface area contributed by atoms with Crippen molar-refractivity contribution in [2.45, 2.75) is 31.7 Å². The third-order valence-electron chi connectivity index (χ3n) is 3.92. The van der Waals surface area contributed by atoms with Crippen molar-refractivity contribution in [1.82, 2.24) is 5.43 Å². The summed E-state index contributed by atoms with van der Waals surface area (Å²) in [5, 5.41) is 3.48. The molecule has 1 saturated heterocycles. The molecule has 1 heterocycles. The van der Waals surface area contributed by atoms with E-state index in [1.54, 1.807) is 0 Å². The zero-order valence-electron chi connectivity index (χ0n) is 11.6. The van der Waals surface area contributed by atoms with Crippen molar-refractivity contribution in [3.63, 3.8) is 0 Å². The Morgan fingerprint density at radius 2 is 2.05 bits per heavy atom. The largest absolute Gasteiger partial charge is 0.380 e. The van der Waals surface area contributed by atoms with E-state index in [0.717, 1.165) is 38.8 Å². The van der Waals surface area contributed by atoms with Crippen molar-refractivity contribution < 1.29 is 9.18 Å². The van der Waals surface area contributed by atoms with Crippen molar-refractivity contribution >= 4 is 28.9 Å². The molecule has 0 aromatic heterocycles. The van der Waals surface area contributed by atoms with E-state index in [1.165, 1.54) is 6.07 Å². The van der Waals surface area contributed by atoms with Gasteiger partial charge in [0.15, 0.2) is 0 Å². The summed E-state index contributed by atoms with van der Waals surface area (Å²) in [6, 6.07) is 1.51. The van der Waals surface area contributed by atoms with Crippen LogP contribution in [0.25, 0.3) is 0 Å². The monoisotopic (exact) mass is 312 g/mol. The molecule has 114 valence electrons. The molecule has 4 N–H and O–H groups in total. The first-order chi connectivity index (χ1) is 10.1. The number of nitrogens with zero attached hydrogens (tertiary/aromatic N) is 1. The van der Waals surface area contributed by atoms with E-state index in [4.69, 9.17) is 17.4 Å². The third kappa shape index (κ3) is 2.78. The Kier molecular flexibility index (Phi) is 3.91. The predicted octanol–water partition coefficient (Wildman–Crippen LogP) is 2.26. The van der Waals surface area contributed by atoms with Crippen LogP contribution in [0.15, 0.2) is 6.07 Å². The van der Waals surface area contributed by atoms with E-state index in [2.05, 4.69) is 5.32 Å². The number of amides is 1. The van der Waals surface area contributed by atoms with Gasteiger partial charge in [0.2, 0.25) is 0 Å². The van der Waals surface area contributed by atoms with Crippen LogP contribution in [0.5, 0.6) is 0 Å². The zero-order chi connectivity index (χ0) is 15.0. The van der Waals surface area contributed by atoms with Crippen LogP contribution in [0.4, 0.5) is 15.8 Å². The maximum Gasteiger partial charge on any atom is 0.267 e. The van der Waals surface area contributed by atoms with Gasteiger partial charge in [0, 0.05) is 19.1 Å². The van der Waals surface area contributed by atoms with Gasteiger partial charge in [-0.05, 0) is 31.7 Å². The molecule has 0 radical (unpaired) electrons. The molecule has 2 fully saturated rings. The van der Waals surface area contributed by atoms with Crippen LogP contribution in [0.3, 0.4) is 0 Å². The Bertz CT molecular complexity index is 571. The molecule has 0 atom stereocenters. The highest BCUT2D eigenvalue weighted by Crippen LogP contribution is 2.41. The maximum atomic E-state index is 14.4. The van der Waals surface area contributed by atoms with Gasteiger partial charge < -0.3 is 10.2 Å². The first-order valence-electron chi connectivity index (χ1n) is 7.16. The normalized spacial score (nSPS) is 18.0. The number of benzene rings is 1. The van der Waals surface area contributed by atoms with Gasteiger partial charge >= 0.3 is 0 Å². The van der Waals surface area contributed by atoms with E-state index >= 15 is 0 Å². The van der Waals surface area contributed by atoms with Gasteiger partial charge in [0.25, 0.3) is 5.91 Å². The van der Waals surface area contributed by atoms with E-state index in [0.29, 0.717) is 17.4 Å². The summed E-state index contributed by atoms with van der Waals surface area (Å²) in [5.74, 6) is 4.14. The van der Waals surface area contributed by atoms with Crippen LogP contribution in [-0.4, -0.2) is 25.0 Å². The molecule has 0 spiro atoms. The van der Waals surface area contributed by atoms with Crippen molar-refractivity contribution in [3.8, 4) is 0 Å². The molecular weight excluding hydrogens is 295 g/mol. The number of hydrogen-bond acceptors (Lipinski definition) is 4. The SMILES string of the molecule is NNC(=O)c1cc(F)c(N2CCCC2)c(Cl)c1NC1CC1. The lowest BCUT2D eigenvalue weighted by atomic mass is 10.1. The Balaban J connectivity index is 2.07. The number of nitrogens with one attached hydrogen (secondary N) is 2. The Labute approximate surface area is 127 Å². The van der Waals surface area contributed by atoms with Crippen LogP contribution in [0, 0.1) is 5.82 Å². The van der Waals surface area contributed by atoms with Gasteiger partial charge in [-0.15, -0.1) is 0 Å². The van der Waals surface area contributed by atoms with Crippen molar-refractivity contribution in [1.29, 1.82) is 0 Å². The number of hydrogen-bond donors (Lipinski definition) is 3. The molecule has 0 unspecified atom stereocenters. The summed E-state index contributed by atoms with van der Waals surface area (Å²) in [6.45, 7) is 1.56.